The topological polar surface area (TPSA) is 89.4 Å². The molecule has 9 heteroatoms. The summed E-state index contributed by atoms with van der Waals surface area (Å²) in [6.45, 7) is 0.593. The summed E-state index contributed by atoms with van der Waals surface area (Å²) in [6, 6.07) is 9.56. The number of nitrogens with zero attached hydrogens (tertiary/aromatic N) is 3. The van der Waals surface area contributed by atoms with Crippen LogP contribution in [-0.2, 0) is 10.0 Å². The molecule has 1 fully saturated rings. The molecule has 0 N–H and O–H groups in total. The van der Waals surface area contributed by atoms with Crippen LogP contribution in [0, 0.1) is 0 Å². The third-order valence-electron chi connectivity index (χ3n) is 3.83. The molecule has 7 nitrogen and oxygen atoms in total. The van der Waals surface area contributed by atoms with Crippen molar-refractivity contribution in [1.82, 2.24) is 14.4 Å². The molecule has 2 aromatic heterocycles. The van der Waals surface area contributed by atoms with Crippen molar-refractivity contribution in [3.05, 3.63) is 53.6 Å². The summed E-state index contributed by atoms with van der Waals surface area (Å²) in [4.78, 5) is 4.48. The van der Waals surface area contributed by atoms with Crippen LogP contribution in [-0.4, -0.2) is 36.0 Å². The average molecular weight is 366 g/mol. The van der Waals surface area contributed by atoms with E-state index in [9.17, 15) is 8.42 Å². The molecule has 0 amide bonds. The molecule has 0 atom stereocenters. The first-order valence-electron chi connectivity index (χ1n) is 7.17. The van der Waals surface area contributed by atoms with Crippen LogP contribution in [0.4, 0.5) is 0 Å². The van der Waals surface area contributed by atoms with Gasteiger partial charge in [-0.2, -0.15) is 9.29 Å². The Bertz CT molecular complexity index is 945. The molecule has 24 heavy (non-hydrogen) atoms. The average Bonchev–Trinajstić information content (AvgIpc) is 3.16. The van der Waals surface area contributed by atoms with Crippen molar-refractivity contribution in [2.45, 2.75) is 10.8 Å². The van der Waals surface area contributed by atoms with Crippen LogP contribution >= 0.6 is 11.6 Å². The van der Waals surface area contributed by atoms with Crippen LogP contribution in [0.1, 0.15) is 11.8 Å². The summed E-state index contributed by atoms with van der Waals surface area (Å²) < 4.78 is 36.8. The van der Waals surface area contributed by atoms with Gasteiger partial charge in [0.1, 0.15) is 0 Å². The third-order valence-corrected chi connectivity index (χ3v) is 5.93. The van der Waals surface area contributed by atoms with Gasteiger partial charge in [0, 0.05) is 18.1 Å². The van der Waals surface area contributed by atoms with Gasteiger partial charge in [0.15, 0.2) is 5.76 Å². The van der Waals surface area contributed by atoms with Crippen LogP contribution < -0.4 is 0 Å². The zero-order valence-electron chi connectivity index (χ0n) is 12.3. The van der Waals surface area contributed by atoms with Gasteiger partial charge in [-0.05, 0) is 36.4 Å². The Morgan fingerprint density at radius 2 is 1.92 bits per heavy atom. The van der Waals surface area contributed by atoms with Crippen LogP contribution in [0.2, 0.25) is 5.02 Å². The van der Waals surface area contributed by atoms with Crippen molar-refractivity contribution in [2.75, 3.05) is 13.1 Å². The van der Waals surface area contributed by atoms with Crippen molar-refractivity contribution in [3.63, 3.8) is 0 Å². The second-order valence-corrected chi connectivity index (χ2v) is 7.78. The SMILES string of the molecule is O=S(=O)(c1ccc(Cl)cc1)N1CC(c2nc(-c3ccco3)no2)C1. The lowest BCUT2D eigenvalue weighted by Gasteiger charge is -2.35. The quantitative estimate of drug-likeness (QED) is 0.706. The minimum atomic E-state index is -3.53. The van der Waals surface area contributed by atoms with Gasteiger partial charge in [0.2, 0.25) is 21.7 Å². The summed E-state index contributed by atoms with van der Waals surface area (Å²) >= 11 is 5.79. The highest BCUT2D eigenvalue weighted by atomic mass is 35.5. The van der Waals surface area contributed by atoms with Crippen LogP contribution in [0.25, 0.3) is 11.6 Å². The molecular formula is C15H12ClN3O4S. The molecule has 0 radical (unpaired) electrons. The highest BCUT2D eigenvalue weighted by Crippen LogP contribution is 2.32. The lowest BCUT2D eigenvalue weighted by Crippen LogP contribution is -2.48. The van der Waals surface area contributed by atoms with E-state index in [0.717, 1.165) is 0 Å². The van der Waals surface area contributed by atoms with Crippen molar-refractivity contribution >= 4 is 21.6 Å². The van der Waals surface area contributed by atoms with E-state index in [1.807, 2.05) is 0 Å². The Kier molecular flexibility index (Phi) is 3.67. The van der Waals surface area contributed by atoms with E-state index >= 15 is 0 Å². The molecule has 0 aliphatic carbocycles. The largest absolute Gasteiger partial charge is 0.461 e. The fourth-order valence-corrected chi connectivity index (χ4v) is 4.11. The molecule has 124 valence electrons. The lowest BCUT2D eigenvalue weighted by atomic mass is 10.0. The molecule has 3 aromatic rings. The van der Waals surface area contributed by atoms with E-state index < -0.39 is 10.0 Å². The van der Waals surface area contributed by atoms with Gasteiger partial charge in [0.25, 0.3) is 0 Å². The van der Waals surface area contributed by atoms with Crippen molar-refractivity contribution < 1.29 is 17.4 Å². The fourth-order valence-electron chi connectivity index (χ4n) is 2.45. The van der Waals surface area contributed by atoms with E-state index in [1.54, 1.807) is 24.3 Å². The molecule has 0 unspecified atom stereocenters. The van der Waals surface area contributed by atoms with Crippen molar-refractivity contribution in [1.29, 1.82) is 0 Å². The van der Waals surface area contributed by atoms with E-state index in [1.165, 1.54) is 22.7 Å². The summed E-state index contributed by atoms with van der Waals surface area (Å²) in [6.07, 6.45) is 1.52. The number of hydrogen-bond acceptors (Lipinski definition) is 6. The summed E-state index contributed by atoms with van der Waals surface area (Å²) in [5.41, 5.74) is 0. The van der Waals surface area contributed by atoms with Crippen LogP contribution in [0.5, 0.6) is 0 Å². The molecule has 4 rings (SSSR count). The number of hydrogen-bond donors (Lipinski definition) is 0. The maximum atomic E-state index is 12.5. The molecular weight excluding hydrogens is 354 g/mol. The van der Waals surface area contributed by atoms with Gasteiger partial charge in [-0.15, -0.1) is 0 Å². The molecule has 3 heterocycles. The molecule has 1 aliphatic rings. The number of furan rings is 1. The number of benzene rings is 1. The van der Waals surface area contributed by atoms with Gasteiger partial charge < -0.3 is 8.94 Å². The van der Waals surface area contributed by atoms with Gasteiger partial charge in [0.05, 0.1) is 17.1 Å². The van der Waals surface area contributed by atoms with Crippen molar-refractivity contribution in [3.8, 4) is 11.6 Å². The molecule has 1 saturated heterocycles. The smallest absolute Gasteiger partial charge is 0.243 e. The number of halogens is 1. The maximum absolute atomic E-state index is 12.5. The third kappa shape index (κ3) is 2.62. The standard InChI is InChI=1S/C15H12ClN3O4S/c16-11-3-5-12(6-4-11)24(20,21)19-8-10(9-19)15-17-14(18-23-15)13-2-1-7-22-13/h1-7,10H,8-9H2. The zero-order valence-corrected chi connectivity index (χ0v) is 13.9. The van der Waals surface area contributed by atoms with E-state index in [-0.39, 0.29) is 10.8 Å². The predicted octanol–water partition coefficient (Wildman–Crippen LogP) is 2.77. The molecule has 0 spiro atoms. The van der Waals surface area contributed by atoms with E-state index in [2.05, 4.69) is 10.1 Å². The van der Waals surface area contributed by atoms with Crippen molar-refractivity contribution in [2.24, 2.45) is 0 Å². The Labute approximate surface area is 142 Å². The monoisotopic (exact) mass is 365 g/mol. The first-order chi connectivity index (χ1) is 11.5. The number of rotatable bonds is 4. The molecule has 1 aromatic carbocycles. The van der Waals surface area contributed by atoms with Gasteiger partial charge in [-0.25, -0.2) is 8.42 Å². The van der Waals surface area contributed by atoms with Gasteiger partial charge in [-0.3, -0.25) is 0 Å². The predicted molar refractivity (Wildman–Crippen MR) is 85.0 cm³/mol. The second kappa shape index (κ2) is 5.73. The summed E-state index contributed by atoms with van der Waals surface area (Å²) in [5.74, 6) is 1.15. The Hall–Kier alpha value is -2.16. The first-order valence-corrected chi connectivity index (χ1v) is 8.99. The summed E-state index contributed by atoms with van der Waals surface area (Å²) in [5, 5.41) is 4.35. The first kappa shape index (κ1) is 15.4. The minimum absolute atomic E-state index is 0.122. The number of aromatic nitrogens is 2. The van der Waals surface area contributed by atoms with Gasteiger partial charge in [-0.1, -0.05) is 16.8 Å². The Balaban J connectivity index is 1.47. The number of sulfonamides is 1. The molecule has 1 aliphatic heterocycles. The van der Waals surface area contributed by atoms with Gasteiger partial charge >= 0.3 is 0 Å². The second-order valence-electron chi connectivity index (χ2n) is 5.41. The normalized spacial score (nSPS) is 16.2. The van der Waals surface area contributed by atoms with Crippen LogP contribution in [0.3, 0.4) is 0 Å². The highest BCUT2D eigenvalue weighted by molar-refractivity contribution is 7.89. The lowest BCUT2D eigenvalue weighted by molar-refractivity contribution is 0.217. The van der Waals surface area contributed by atoms with E-state index in [0.29, 0.717) is 35.6 Å². The zero-order chi connectivity index (χ0) is 16.7. The maximum Gasteiger partial charge on any atom is 0.243 e. The minimum Gasteiger partial charge on any atom is -0.461 e. The Morgan fingerprint density at radius 3 is 2.58 bits per heavy atom. The Morgan fingerprint density at radius 1 is 1.17 bits per heavy atom. The van der Waals surface area contributed by atoms with E-state index in [4.69, 9.17) is 20.5 Å². The fraction of sp³-hybridized carbons (Fsp3) is 0.200. The van der Waals surface area contributed by atoms with Crippen LogP contribution in [0.15, 0.2) is 56.5 Å². The molecule has 0 saturated carbocycles. The highest BCUT2D eigenvalue weighted by Gasteiger charge is 2.40. The summed E-state index contributed by atoms with van der Waals surface area (Å²) in [7, 11) is -3.53. The molecule has 0 bridgehead atoms.